The van der Waals surface area contributed by atoms with Crippen molar-refractivity contribution in [3.05, 3.63) is 47.8 Å². The molecule has 0 fully saturated rings. The summed E-state index contributed by atoms with van der Waals surface area (Å²) in [4.78, 5) is 22.6. The van der Waals surface area contributed by atoms with Gasteiger partial charge in [-0.25, -0.2) is 9.97 Å². The lowest BCUT2D eigenvalue weighted by Gasteiger charge is -2.18. The summed E-state index contributed by atoms with van der Waals surface area (Å²) in [5, 5.41) is 11.7. The number of para-hydroxylation sites is 1. The molecule has 1 N–H and O–H groups in total. The van der Waals surface area contributed by atoms with E-state index in [-0.39, 0.29) is 5.91 Å². The average Bonchev–Trinajstić information content (AvgIpc) is 2.57. The number of hydrogen-bond acceptors (Lipinski definition) is 5. The molecule has 112 valence electrons. The zero-order valence-corrected chi connectivity index (χ0v) is 12.6. The molecule has 0 spiro atoms. The Morgan fingerprint density at radius 1 is 1.23 bits per heavy atom. The molecule has 6 nitrogen and oxygen atoms in total. The van der Waals surface area contributed by atoms with Gasteiger partial charge in [0, 0.05) is 25.5 Å². The van der Waals surface area contributed by atoms with E-state index in [4.69, 9.17) is 5.26 Å². The number of hydrogen-bond donors (Lipinski definition) is 1. The highest BCUT2D eigenvalue weighted by Gasteiger charge is 2.11. The molecule has 1 amide bonds. The number of amides is 1. The van der Waals surface area contributed by atoms with Gasteiger partial charge in [0.05, 0.1) is 16.8 Å². The van der Waals surface area contributed by atoms with Gasteiger partial charge in [-0.15, -0.1) is 0 Å². The van der Waals surface area contributed by atoms with Crippen molar-refractivity contribution in [2.45, 2.75) is 13.8 Å². The second-order valence-corrected chi connectivity index (χ2v) is 4.56. The van der Waals surface area contributed by atoms with Crippen LogP contribution in [0.2, 0.25) is 0 Å². The van der Waals surface area contributed by atoms with Crippen LogP contribution in [-0.4, -0.2) is 29.0 Å². The summed E-state index contributed by atoms with van der Waals surface area (Å²) in [6, 6.07) is 8.88. The van der Waals surface area contributed by atoms with Crippen LogP contribution in [0.5, 0.6) is 0 Å². The molecule has 2 aromatic rings. The number of carbonyl (C=O) groups excluding carboxylic acids is 1. The minimum absolute atomic E-state index is 0.339. The minimum Gasteiger partial charge on any atom is -0.341 e. The molecule has 0 saturated heterocycles. The molecule has 1 heterocycles. The third-order valence-electron chi connectivity index (χ3n) is 3.24. The van der Waals surface area contributed by atoms with Crippen molar-refractivity contribution in [3.8, 4) is 6.07 Å². The van der Waals surface area contributed by atoms with E-state index in [1.54, 1.807) is 24.3 Å². The second-order valence-electron chi connectivity index (χ2n) is 4.56. The van der Waals surface area contributed by atoms with Crippen molar-refractivity contribution in [1.29, 1.82) is 5.26 Å². The molecule has 0 saturated carbocycles. The van der Waals surface area contributed by atoms with E-state index in [0.717, 1.165) is 13.1 Å². The smallest absolute Gasteiger partial charge is 0.258 e. The summed E-state index contributed by atoms with van der Waals surface area (Å²) >= 11 is 0. The largest absolute Gasteiger partial charge is 0.341 e. The fourth-order valence-electron chi connectivity index (χ4n) is 1.99. The Morgan fingerprint density at radius 3 is 2.45 bits per heavy atom. The Morgan fingerprint density at radius 2 is 1.86 bits per heavy atom. The van der Waals surface area contributed by atoms with E-state index in [1.165, 1.54) is 12.4 Å². The normalized spacial score (nSPS) is 9.86. The molecule has 0 unspecified atom stereocenters. The van der Waals surface area contributed by atoms with Crippen LogP contribution >= 0.6 is 0 Å². The first kappa shape index (κ1) is 15.4. The maximum absolute atomic E-state index is 12.2. The molecule has 1 aromatic heterocycles. The van der Waals surface area contributed by atoms with Crippen LogP contribution in [0.3, 0.4) is 0 Å². The van der Waals surface area contributed by atoms with E-state index in [9.17, 15) is 4.79 Å². The third kappa shape index (κ3) is 3.38. The topological polar surface area (TPSA) is 81.9 Å². The Bertz CT molecular complexity index is 686. The van der Waals surface area contributed by atoms with E-state index in [0.29, 0.717) is 22.8 Å². The van der Waals surface area contributed by atoms with Crippen LogP contribution in [0.25, 0.3) is 0 Å². The molecule has 0 aliphatic heterocycles. The molecular formula is C16H17N5O. The molecule has 0 aliphatic carbocycles. The Labute approximate surface area is 129 Å². The first-order chi connectivity index (χ1) is 10.7. The summed E-state index contributed by atoms with van der Waals surface area (Å²) < 4.78 is 0. The number of anilines is 2. The van der Waals surface area contributed by atoms with Crippen LogP contribution in [-0.2, 0) is 0 Å². The highest BCUT2D eigenvalue weighted by molar-refractivity contribution is 6.04. The third-order valence-corrected chi connectivity index (χ3v) is 3.24. The number of aromatic nitrogens is 2. The van der Waals surface area contributed by atoms with Gasteiger partial charge >= 0.3 is 0 Å². The molecule has 0 radical (unpaired) electrons. The summed E-state index contributed by atoms with van der Waals surface area (Å²) in [5.41, 5.74) is 1.24. The molecule has 0 bridgehead atoms. The van der Waals surface area contributed by atoms with Crippen molar-refractivity contribution in [3.63, 3.8) is 0 Å². The van der Waals surface area contributed by atoms with Crippen molar-refractivity contribution in [2.24, 2.45) is 0 Å². The van der Waals surface area contributed by atoms with Crippen molar-refractivity contribution >= 4 is 17.5 Å². The highest BCUT2D eigenvalue weighted by Crippen LogP contribution is 2.15. The average molecular weight is 295 g/mol. The Balaban J connectivity index is 2.15. The molecule has 0 aliphatic rings. The molecule has 22 heavy (non-hydrogen) atoms. The van der Waals surface area contributed by atoms with Gasteiger partial charge in [0.15, 0.2) is 0 Å². The first-order valence-electron chi connectivity index (χ1n) is 7.07. The monoisotopic (exact) mass is 295 g/mol. The van der Waals surface area contributed by atoms with Crippen LogP contribution in [0.4, 0.5) is 11.6 Å². The summed E-state index contributed by atoms with van der Waals surface area (Å²) in [7, 11) is 0. The van der Waals surface area contributed by atoms with Crippen molar-refractivity contribution in [1.82, 2.24) is 9.97 Å². The van der Waals surface area contributed by atoms with E-state index in [1.807, 2.05) is 24.8 Å². The van der Waals surface area contributed by atoms with Crippen LogP contribution < -0.4 is 10.2 Å². The van der Waals surface area contributed by atoms with Gasteiger partial charge in [-0.1, -0.05) is 12.1 Å². The molecular weight excluding hydrogens is 278 g/mol. The van der Waals surface area contributed by atoms with Gasteiger partial charge < -0.3 is 10.2 Å². The summed E-state index contributed by atoms with van der Waals surface area (Å²) in [6.07, 6.45) is 2.98. The lowest BCUT2D eigenvalue weighted by Crippen LogP contribution is -2.24. The number of nitrogens with one attached hydrogen (secondary N) is 1. The lowest BCUT2D eigenvalue weighted by molar-refractivity contribution is 0.102. The summed E-state index contributed by atoms with van der Waals surface area (Å²) in [6.45, 7) is 5.65. The first-order valence-corrected chi connectivity index (χ1v) is 7.07. The van der Waals surface area contributed by atoms with Crippen molar-refractivity contribution in [2.75, 3.05) is 23.3 Å². The second kappa shape index (κ2) is 7.18. The maximum atomic E-state index is 12.2. The van der Waals surface area contributed by atoms with E-state index < -0.39 is 0 Å². The summed E-state index contributed by atoms with van der Waals surface area (Å²) in [5.74, 6) is 0.257. The fourth-order valence-corrected chi connectivity index (χ4v) is 1.99. The van der Waals surface area contributed by atoms with E-state index in [2.05, 4.69) is 15.3 Å². The maximum Gasteiger partial charge on any atom is 0.258 e. The zero-order chi connectivity index (χ0) is 15.9. The molecule has 6 heteroatoms. The number of benzene rings is 1. The van der Waals surface area contributed by atoms with Gasteiger partial charge in [0.1, 0.15) is 6.07 Å². The van der Waals surface area contributed by atoms with Crippen LogP contribution in [0.15, 0.2) is 36.7 Å². The lowest BCUT2D eigenvalue weighted by atomic mass is 10.2. The number of rotatable bonds is 5. The number of nitriles is 1. The van der Waals surface area contributed by atoms with Gasteiger partial charge in [-0.2, -0.15) is 5.26 Å². The van der Waals surface area contributed by atoms with Gasteiger partial charge in [-0.3, -0.25) is 4.79 Å². The molecule has 0 atom stereocenters. The highest BCUT2D eigenvalue weighted by atomic mass is 16.1. The van der Waals surface area contributed by atoms with Crippen LogP contribution in [0.1, 0.15) is 29.8 Å². The predicted octanol–water partition coefficient (Wildman–Crippen LogP) is 2.45. The number of nitrogens with zero attached hydrogens (tertiary/aromatic N) is 4. The fraction of sp³-hybridized carbons (Fsp3) is 0.250. The Kier molecular flexibility index (Phi) is 5.04. The van der Waals surface area contributed by atoms with Gasteiger partial charge in [0.25, 0.3) is 5.91 Å². The predicted molar refractivity (Wildman–Crippen MR) is 84.7 cm³/mol. The number of carbonyl (C=O) groups is 1. The molecule has 1 aromatic carbocycles. The SMILES string of the molecule is CCN(CC)c1ncc(C(=O)Nc2ccccc2C#N)cn1. The Hall–Kier alpha value is -2.94. The van der Waals surface area contributed by atoms with Gasteiger partial charge in [0.2, 0.25) is 5.95 Å². The van der Waals surface area contributed by atoms with Crippen LogP contribution in [0, 0.1) is 11.3 Å². The molecule has 2 rings (SSSR count). The van der Waals surface area contributed by atoms with Gasteiger partial charge in [-0.05, 0) is 26.0 Å². The quantitative estimate of drug-likeness (QED) is 0.916. The van der Waals surface area contributed by atoms with E-state index >= 15 is 0 Å². The van der Waals surface area contributed by atoms with Crippen molar-refractivity contribution < 1.29 is 4.79 Å². The minimum atomic E-state index is -0.339. The standard InChI is InChI=1S/C16H17N5O/c1-3-21(4-2)16-18-10-13(11-19-16)15(22)20-14-8-6-5-7-12(14)9-17/h5-8,10-11H,3-4H2,1-2H3,(H,20,22). The zero-order valence-electron chi connectivity index (χ0n) is 12.6.